The van der Waals surface area contributed by atoms with Crippen LogP contribution in [0.3, 0.4) is 0 Å². The zero-order valence-electron chi connectivity index (χ0n) is 17.6. The van der Waals surface area contributed by atoms with Crippen molar-refractivity contribution in [1.29, 1.82) is 0 Å². The Balaban J connectivity index is 1.59. The Bertz CT molecular complexity index is 1520. The molecule has 0 bridgehead atoms. The lowest BCUT2D eigenvalue weighted by Crippen LogP contribution is -2.28. The van der Waals surface area contributed by atoms with Crippen LogP contribution in [0.1, 0.15) is 26.5 Å². The summed E-state index contributed by atoms with van der Waals surface area (Å²) in [5.41, 5.74) is 5.60. The van der Waals surface area contributed by atoms with Crippen LogP contribution in [0.2, 0.25) is 0 Å². The van der Waals surface area contributed by atoms with Crippen molar-refractivity contribution in [2.75, 3.05) is 0 Å². The molecule has 4 heteroatoms. The van der Waals surface area contributed by atoms with Gasteiger partial charge in [0.15, 0.2) is 5.82 Å². The van der Waals surface area contributed by atoms with Gasteiger partial charge in [-0.25, -0.2) is 4.98 Å². The van der Waals surface area contributed by atoms with E-state index in [9.17, 15) is 9.59 Å². The molecule has 0 unspecified atom stereocenters. The van der Waals surface area contributed by atoms with Crippen molar-refractivity contribution in [3.63, 3.8) is 0 Å². The van der Waals surface area contributed by atoms with Crippen molar-refractivity contribution < 1.29 is 9.59 Å². The molecule has 4 nitrogen and oxygen atoms in total. The summed E-state index contributed by atoms with van der Waals surface area (Å²) in [5.74, 6) is -0.343. The molecular formula is C29H18N2O2. The molecule has 1 aromatic heterocycles. The average molecular weight is 426 g/mol. The van der Waals surface area contributed by atoms with Gasteiger partial charge in [-0.05, 0) is 23.3 Å². The lowest BCUT2D eigenvalue weighted by molar-refractivity contribution is 0.0909. The average Bonchev–Trinajstić information content (AvgIpc) is 3.30. The minimum Gasteiger partial charge on any atom is -0.285 e. The van der Waals surface area contributed by atoms with Gasteiger partial charge >= 0.3 is 0 Å². The van der Waals surface area contributed by atoms with Crippen LogP contribution in [0, 0.1) is 0 Å². The molecule has 156 valence electrons. The quantitative estimate of drug-likeness (QED) is 0.343. The van der Waals surface area contributed by atoms with Crippen molar-refractivity contribution in [2.45, 2.75) is 0 Å². The number of aromatic nitrogens is 2. The van der Waals surface area contributed by atoms with E-state index in [2.05, 4.69) is 0 Å². The molecule has 33 heavy (non-hydrogen) atoms. The van der Waals surface area contributed by atoms with Gasteiger partial charge < -0.3 is 0 Å². The van der Waals surface area contributed by atoms with E-state index in [0.29, 0.717) is 22.5 Å². The Morgan fingerprint density at radius 1 is 0.545 bits per heavy atom. The first-order chi connectivity index (χ1) is 16.2. The van der Waals surface area contributed by atoms with Crippen LogP contribution in [-0.2, 0) is 0 Å². The molecule has 0 saturated heterocycles. The van der Waals surface area contributed by atoms with Gasteiger partial charge in [0.05, 0.1) is 17.0 Å². The summed E-state index contributed by atoms with van der Waals surface area (Å²) in [6, 6.07) is 34.5. The van der Waals surface area contributed by atoms with E-state index in [1.165, 1.54) is 4.57 Å². The molecule has 2 heterocycles. The second-order valence-corrected chi connectivity index (χ2v) is 7.96. The fraction of sp³-hybridized carbons (Fsp3) is 0. The van der Waals surface area contributed by atoms with Crippen LogP contribution in [0.15, 0.2) is 109 Å². The topological polar surface area (TPSA) is 52.0 Å². The Labute approximate surface area is 190 Å². The van der Waals surface area contributed by atoms with Gasteiger partial charge in [-0.1, -0.05) is 97.1 Å². The fourth-order valence-corrected chi connectivity index (χ4v) is 4.40. The highest BCUT2D eigenvalue weighted by atomic mass is 16.2. The normalized spacial score (nSPS) is 12.4. The highest BCUT2D eigenvalue weighted by Crippen LogP contribution is 2.37. The molecule has 0 saturated carbocycles. The first-order valence-electron chi connectivity index (χ1n) is 10.7. The smallest absolute Gasteiger partial charge is 0.264 e. The van der Waals surface area contributed by atoms with Crippen LogP contribution in [0.5, 0.6) is 0 Å². The van der Waals surface area contributed by atoms with E-state index in [-0.39, 0.29) is 17.5 Å². The molecule has 0 amide bonds. The second-order valence-electron chi connectivity index (χ2n) is 7.96. The number of fused-ring (bicyclic) bond motifs is 2. The standard InChI is InChI=1S/C29H18N2O2/c32-27-24-18-22(19-10-4-1-5-11-19)16-17-23(24)29(33)31-26(21-14-8-3-9-15-21)25(30-28(27)31)20-12-6-2-7-13-20/h1-18H. The van der Waals surface area contributed by atoms with Crippen LogP contribution in [0.25, 0.3) is 33.6 Å². The summed E-state index contributed by atoms with van der Waals surface area (Å²) in [4.78, 5) is 32.1. The molecule has 1 aliphatic heterocycles. The molecule has 4 aromatic carbocycles. The van der Waals surface area contributed by atoms with Crippen LogP contribution < -0.4 is 0 Å². The number of ketones is 1. The van der Waals surface area contributed by atoms with E-state index >= 15 is 0 Å². The van der Waals surface area contributed by atoms with Gasteiger partial charge in [0.1, 0.15) is 0 Å². The Kier molecular flexibility index (Phi) is 4.37. The number of benzene rings is 4. The second kappa shape index (κ2) is 7.53. The molecule has 0 N–H and O–H groups in total. The number of hydrogen-bond acceptors (Lipinski definition) is 3. The maximum Gasteiger partial charge on any atom is 0.264 e. The van der Waals surface area contributed by atoms with Crippen molar-refractivity contribution >= 4 is 11.7 Å². The van der Waals surface area contributed by atoms with Gasteiger partial charge in [0.25, 0.3) is 5.91 Å². The Morgan fingerprint density at radius 2 is 1.12 bits per heavy atom. The largest absolute Gasteiger partial charge is 0.285 e. The third-order valence-corrected chi connectivity index (χ3v) is 5.98. The highest BCUT2D eigenvalue weighted by Gasteiger charge is 2.35. The van der Waals surface area contributed by atoms with E-state index in [1.54, 1.807) is 12.1 Å². The summed E-state index contributed by atoms with van der Waals surface area (Å²) in [5, 5.41) is 0. The van der Waals surface area contributed by atoms with Gasteiger partial charge in [0, 0.05) is 16.7 Å². The minimum absolute atomic E-state index is 0.149. The van der Waals surface area contributed by atoms with Crippen LogP contribution in [-0.4, -0.2) is 21.2 Å². The SMILES string of the molecule is O=C1c2cc(-c3ccccc3)ccc2C(=O)n2c1nc(-c1ccccc1)c2-c1ccccc1. The predicted molar refractivity (Wildman–Crippen MR) is 128 cm³/mol. The fourth-order valence-electron chi connectivity index (χ4n) is 4.40. The van der Waals surface area contributed by atoms with Gasteiger partial charge in [-0.3, -0.25) is 14.2 Å². The molecule has 0 atom stereocenters. The molecule has 0 radical (unpaired) electrons. The molecular weight excluding hydrogens is 408 g/mol. The molecule has 5 aromatic rings. The summed E-state index contributed by atoms with van der Waals surface area (Å²) >= 11 is 0. The summed E-state index contributed by atoms with van der Waals surface area (Å²) < 4.78 is 1.48. The van der Waals surface area contributed by atoms with Crippen molar-refractivity contribution in [1.82, 2.24) is 9.55 Å². The molecule has 6 rings (SSSR count). The lowest BCUT2D eigenvalue weighted by Gasteiger charge is -2.19. The van der Waals surface area contributed by atoms with E-state index in [1.807, 2.05) is 97.1 Å². The number of imidazole rings is 1. The first-order valence-corrected chi connectivity index (χ1v) is 10.7. The van der Waals surface area contributed by atoms with Crippen molar-refractivity contribution in [3.05, 3.63) is 126 Å². The summed E-state index contributed by atoms with van der Waals surface area (Å²) in [6.45, 7) is 0. The Hall–Kier alpha value is -4.57. The predicted octanol–water partition coefficient (Wildman–Crippen LogP) is 6.12. The monoisotopic (exact) mass is 426 g/mol. The van der Waals surface area contributed by atoms with E-state index in [4.69, 9.17) is 4.98 Å². The molecule has 0 fully saturated rings. The highest BCUT2D eigenvalue weighted by molar-refractivity contribution is 6.21. The Morgan fingerprint density at radius 3 is 1.76 bits per heavy atom. The number of rotatable bonds is 3. The van der Waals surface area contributed by atoms with E-state index < -0.39 is 0 Å². The summed E-state index contributed by atoms with van der Waals surface area (Å²) in [6.07, 6.45) is 0. The number of carbonyl (C=O) groups excluding carboxylic acids is 2. The van der Waals surface area contributed by atoms with Crippen LogP contribution in [0.4, 0.5) is 0 Å². The van der Waals surface area contributed by atoms with Gasteiger partial charge in [-0.15, -0.1) is 0 Å². The van der Waals surface area contributed by atoms with Gasteiger partial charge in [0.2, 0.25) is 5.78 Å². The molecule has 0 spiro atoms. The number of carbonyl (C=O) groups is 2. The van der Waals surface area contributed by atoms with Crippen LogP contribution >= 0.6 is 0 Å². The maximum absolute atomic E-state index is 13.7. The minimum atomic E-state index is -0.248. The summed E-state index contributed by atoms with van der Waals surface area (Å²) in [7, 11) is 0. The zero-order chi connectivity index (χ0) is 22.4. The van der Waals surface area contributed by atoms with Crippen molar-refractivity contribution in [3.8, 4) is 33.6 Å². The number of hydrogen-bond donors (Lipinski definition) is 0. The van der Waals surface area contributed by atoms with Gasteiger partial charge in [-0.2, -0.15) is 0 Å². The maximum atomic E-state index is 13.7. The van der Waals surface area contributed by atoms with E-state index in [0.717, 1.165) is 22.3 Å². The molecule has 1 aliphatic rings. The third-order valence-electron chi connectivity index (χ3n) is 5.98. The zero-order valence-corrected chi connectivity index (χ0v) is 17.6. The van der Waals surface area contributed by atoms with Crippen molar-refractivity contribution in [2.24, 2.45) is 0 Å². The molecule has 0 aliphatic carbocycles. The third kappa shape index (κ3) is 3.04. The number of nitrogens with zero attached hydrogens (tertiary/aromatic N) is 2. The first kappa shape index (κ1) is 19.1. The lowest BCUT2D eigenvalue weighted by atomic mass is 9.93.